The summed E-state index contributed by atoms with van der Waals surface area (Å²) in [6.45, 7) is 4.02. The van der Waals surface area contributed by atoms with Crippen molar-refractivity contribution < 1.29 is 0 Å². The van der Waals surface area contributed by atoms with Crippen molar-refractivity contribution in [1.29, 1.82) is 0 Å². The van der Waals surface area contributed by atoms with Crippen molar-refractivity contribution in [2.45, 2.75) is 13.8 Å². The predicted octanol–water partition coefficient (Wildman–Crippen LogP) is 3.81. The highest BCUT2D eigenvalue weighted by molar-refractivity contribution is 7.71. The fourth-order valence-corrected chi connectivity index (χ4v) is 2.01. The van der Waals surface area contributed by atoms with E-state index in [2.05, 4.69) is 4.98 Å². The quantitative estimate of drug-likeness (QED) is 0.750. The summed E-state index contributed by atoms with van der Waals surface area (Å²) in [5.74, 6) is 0. The van der Waals surface area contributed by atoms with E-state index in [0.717, 1.165) is 22.0 Å². The lowest BCUT2D eigenvalue weighted by Crippen LogP contribution is -1.95. The summed E-state index contributed by atoms with van der Waals surface area (Å²) in [6, 6.07) is 5.78. The Morgan fingerprint density at radius 3 is 2.67 bits per heavy atom. The molecule has 0 aliphatic heterocycles. The van der Waals surface area contributed by atoms with Gasteiger partial charge >= 0.3 is 0 Å². The monoisotopic (exact) mass is 238 g/mol. The molecule has 2 rings (SSSR count). The first kappa shape index (κ1) is 10.5. The Kier molecular flexibility index (Phi) is 2.67. The number of aromatic nitrogens is 2. The standard InChI is InChI=1S/C11H11ClN2S/c1-7-3-4-9(12)5-10(7)14-6-8(2)13-11(14)15/h3-6H,1-2H3,(H,13,15). The number of hydrogen-bond acceptors (Lipinski definition) is 1. The number of aryl methyl sites for hydroxylation is 2. The Morgan fingerprint density at radius 2 is 2.07 bits per heavy atom. The van der Waals surface area contributed by atoms with Crippen LogP contribution in [0, 0.1) is 18.6 Å². The van der Waals surface area contributed by atoms with Crippen LogP contribution in [-0.4, -0.2) is 9.55 Å². The predicted molar refractivity (Wildman–Crippen MR) is 65.4 cm³/mol. The lowest BCUT2D eigenvalue weighted by atomic mass is 10.2. The van der Waals surface area contributed by atoms with Gasteiger partial charge in [0.15, 0.2) is 4.77 Å². The smallest absolute Gasteiger partial charge is 0.181 e. The number of halogens is 1. The van der Waals surface area contributed by atoms with Gasteiger partial charge in [-0.3, -0.25) is 4.57 Å². The molecule has 0 bridgehead atoms. The molecule has 0 aliphatic rings. The highest BCUT2D eigenvalue weighted by atomic mass is 35.5. The van der Waals surface area contributed by atoms with Gasteiger partial charge in [-0.2, -0.15) is 0 Å². The zero-order valence-electron chi connectivity index (χ0n) is 8.54. The molecular weight excluding hydrogens is 228 g/mol. The molecular formula is C11H11ClN2S. The van der Waals surface area contributed by atoms with Gasteiger partial charge in [0.2, 0.25) is 0 Å². The molecule has 0 radical (unpaired) electrons. The molecule has 78 valence electrons. The number of H-pyrrole nitrogens is 1. The Balaban J connectivity index is 2.68. The van der Waals surface area contributed by atoms with E-state index in [1.807, 2.05) is 42.8 Å². The third-order valence-electron chi connectivity index (χ3n) is 2.28. The number of aromatic amines is 1. The van der Waals surface area contributed by atoms with Crippen LogP contribution in [0.5, 0.6) is 0 Å². The van der Waals surface area contributed by atoms with Gasteiger partial charge in [-0.1, -0.05) is 17.7 Å². The van der Waals surface area contributed by atoms with Crippen LogP contribution in [0.3, 0.4) is 0 Å². The Bertz CT molecular complexity index is 554. The maximum atomic E-state index is 5.97. The van der Waals surface area contributed by atoms with E-state index < -0.39 is 0 Å². The lowest BCUT2D eigenvalue weighted by molar-refractivity contribution is 1.02. The van der Waals surface area contributed by atoms with Gasteiger partial charge in [-0.15, -0.1) is 0 Å². The molecule has 2 aromatic rings. The molecule has 0 amide bonds. The Hall–Kier alpha value is -1.06. The third-order valence-corrected chi connectivity index (χ3v) is 2.81. The fraction of sp³-hybridized carbons (Fsp3) is 0.182. The van der Waals surface area contributed by atoms with Crippen molar-refractivity contribution in [2.75, 3.05) is 0 Å². The summed E-state index contributed by atoms with van der Waals surface area (Å²) in [6.07, 6.45) is 1.97. The van der Waals surface area contributed by atoms with Gasteiger partial charge in [0.05, 0.1) is 5.69 Å². The zero-order chi connectivity index (χ0) is 11.0. The van der Waals surface area contributed by atoms with Crippen molar-refractivity contribution in [3.05, 3.63) is 45.4 Å². The summed E-state index contributed by atoms with van der Waals surface area (Å²) in [5.41, 5.74) is 3.21. The van der Waals surface area contributed by atoms with Crippen molar-refractivity contribution >= 4 is 23.8 Å². The van der Waals surface area contributed by atoms with Crippen molar-refractivity contribution in [1.82, 2.24) is 9.55 Å². The normalized spacial score (nSPS) is 10.6. The minimum Gasteiger partial charge on any atom is -0.335 e. The van der Waals surface area contributed by atoms with E-state index in [-0.39, 0.29) is 0 Å². The molecule has 0 atom stereocenters. The molecule has 1 heterocycles. The van der Waals surface area contributed by atoms with E-state index in [1.54, 1.807) is 0 Å². The van der Waals surface area contributed by atoms with Gasteiger partial charge in [0, 0.05) is 16.9 Å². The lowest BCUT2D eigenvalue weighted by Gasteiger charge is -2.06. The molecule has 0 fully saturated rings. The van der Waals surface area contributed by atoms with Crippen LogP contribution in [0.2, 0.25) is 5.02 Å². The van der Waals surface area contributed by atoms with Crippen LogP contribution in [0.25, 0.3) is 5.69 Å². The first-order valence-electron chi connectivity index (χ1n) is 4.63. The van der Waals surface area contributed by atoms with Crippen LogP contribution in [-0.2, 0) is 0 Å². The molecule has 1 aromatic carbocycles. The van der Waals surface area contributed by atoms with Crippen molar-refractivity contribution in [2.24, 2.45) is 0 Å². The second-order valence-corrected chi connectivity index (χ2v) is 4.37. The number of hydrogen-bond donors (Lipinski definition) is 1. The number of benzene rings is 1. The summed E-state index contributed by atoms with van der Waals surface area (Å²) >= 11 is 11.2. The Labute approximate surface area is 98.5 Å². The number of nitrogens with zero attached hydrogens (tertiary/aromatic N) is 1. The van der Waals surface area contributed by atoms with Crippen LogP contribution >= 0.6 is 23.8 Å². The molecule has 2 nitrogen and oxygen atoms in total. The van der Waals surface area contributed by atoms with Gasteiger partial charge < -0.3 is 4.98 Å². The average Bonchev–Trinajstić information content (AvgIpc) is 2.50. The molecule has 4 heteroatoms. The van der Waals surface area contributed by atoms with E-state index >= 15 is 0 Å². The molecule has 15 heavy (non-hydrogen) atoms. The minimum atomic E-state index is 0.692. The zero-order valence-corrected chi connectivity index (χ0v) is 10.1. The third kappa shape index (κ3) is 1.98. The van der Waals surface area contributed by atoms with E-state index in [9.17, 15) is 0 Å². The van der Waals surface area contributed by atoms with Crippen molar-refractivity contribution in [3.63, 3.8) is 0 Å². The maximum Gasteiger partial charge on any atom is 0.181 e. The molecule has 0 aliphatic carbocycles. The van der Waals surface area contributed by atoms with E-state index in [1.165, 1.54) is 0 Å². The molecule has 1 N–H and O–H groups in total. The molecule has 1 aromatic heterocycles. The SMILES string of the molecule is Cc1cn(-c2cc(Cl)ccc2C)c(=S)[nH]1. The molecule has 0 unspecified atom stereocenters. The van der Waals surface area contributed by atoms with Crippen LogP contribution in [0.1, 0.15) is 11.3 Å². The Morgan fingerprint density at radius 1 is 1.33 bits per heavy atom. The fourth-order valence-electron chi connectivity index (χ4n) is 1.53. The molecule has 0 spiro atoms. The van der Waals surface area contributed by atoms with E-state index in [4.69, 9.17) is 23.8 Å². The number of imidazole rings is 1. The van der Waals surface area contributed by atoms with Gasteiger partial charge in [-0.25, -0.2) is 0 Å². The number of nitrogens with one attached hydrogen (secondary N) is 1. The maximum absolute atomic E-state index is 5.97. The summed E-state index contributed by atoms with van der Waals surface area (Å²) in [7, 11) is 0. The first-order chi connectivity index (χ1) is 7.08. The van der Waals surface area contributed by atoms with Crippen LogP contribution in [0.15, 0.2) is 24.4 Å². The summed E-state index contributed by atoms with van der Waals surface area (Å²) in [5, 5.41) is 0.719. The largest absolute Gasteiger partial charge is 0.335 e. The summed E-state index contributed by atoms with van der Waals surface area (Å²) < 4.78 is 2.63. The first-order valence-corrected chi connectivity index (χ1v) is 5.41. The topological polar surface area (TPSA) is 20.7 Å². The van der Waals surface area contributed by atoms with Crippen LogP contribution in [0.4, 0.5) is 0 Å². The number of rotatable bonds is 1. The van der Waals surface area contributed by atoms with Gasteiger partial charge in [0.1, 0.15) is 0 Å². The summed E-state index contributed by atoms with van der Waals surface area (Å²) in [4.78, 5) is 3.09. The minimum absolute atomic E-state index is 0.692. The average molecular weight is 239 g/mol. The van der Waals surface area contributed by atoms with Gasteiger partial charge in [-0.05, 0) is 43.8 Å². The molecule has 0 saturated carbocycles. The molecule has 0 saturated heterocycles. The van der Waals surface area contributed by atoms with E-state index in [0.29, 0.717) is 4.77 Å². The van der Waals surface area contributed by atoms with Crippen molar-refractivity contribution in [3.8, 4) is 5.69 Å². The van der Waals surface area contributed by atoms with Gasteiger partial charge in [0.25, 0.3) is 0 Å². The highest BCUT2D eigenvalue weighted by Crippen LogP contribution is 2.20. The second kappa shape index (κ2) is 3.83. The highest BCUT2D eigenvalue weighted by Gasteiger charge is 2.04. The second-order valence-electron chi connectivity index (χ2n) is 3.54. The van der Waals surface area contributed by atoms with Crippen LogP contribution < -0.4 is 0 Å².